The molecule has 0 saturated heterocycles. The lowest BCUT2D eigenvalue weighted by Gasteiger charge is -2.38. The van der Waals surface area contributed by atoms with Gasteiger partial charge in [0.2, 0.25) is 0 Å². The van der Waals surface area contributed by atoms with Crippen LogP contribution in [-0.4, -0.2) is 0 Å². The van der Waals surface area contributed by atoms with E-state index in [9.17, 15) is 0 Å². The van der Waals surface area contributed by atoms with Gasteiger partial charge in [-0.05, 0) is 74.7 Å². The number of hydrogen-bond acceptors (Lipinski definition) is 0. The highest BCUT2D eigenvalue weighted by atomic mass is 14.4. The Hall–Kier alpha value is -0.780. The van der Waals surface area contributed by atoms with E-state index in [1.54, 1.807) is 5.56 Å². The molecule has 1 aromatic carbocycles. The lowest BCUT2D eigenvalue weighted by atomic mass is 9.68. The van der Waals surface area contributed by atoms with Gasteiger partial charge in [-0.2, -0.15) is 0 Å². The molecule has 0 nitrogen and oxygen atoms in total. The molecule has 0 bridgehead atoms. The number of rotatable bonds is 6. The van der Waals surface area contributed by atoms with Crippen LogP contribution in [-0.2, 0) is 0 Å². The SMILES string of the molecule is CCCCC[C@H]1CC[C@H]([C@H]2CC[C@H](c3ccc(C)cc3)CC2)CC1. The molecule has 2 aliphatic carbocycles. The standard InChI is InChI=1S/C24H38/c1-3-4-5-6-20-9-13-22(14-10-20)24-17-15-23(16-18-24)21-11-7-19(2)8-12-21/h7-8,11-12,20,22-24H,3-6,9-10,13-18H2,1-2H3/t20-,22-,23-,24-. The monoisotopic (exact) mass is 326 g/mol. The zero-order chi connectivity index (χ0) is 16.8. The van der Waals surface area contributed by atoms with Gasteiger partial charge in [0.15, 0.2) is 0 Å². The van der Waals surface area contributed by atoms with Gasteiger partial charge in [-0.1, -0.05) is 75.3 Å². The Morgan fingerprint density at radius 2 is 1.33 bits per heavy atom. The fourth-order valence-electron chi connectivity index (χ4n) is 5.39. The summed E-state index contributed by atoms with van der Waals surface area (Å²) in [6, 6.07) is 9.34. The summed E-state index contributed by atoms with van der Waals surface area (Å²) in [6.07, 6.45) is 17.8. The maximum Gasteiger partial charge on any atom is -0.0162 e. The first-order chi connectivity index (χ1) is 11.8. The number of aryl methyl sites for hydroxylation is 1. The molecule has 2 fully saturated rings. The van der Waals surface area contributed by atoms with Crippen LogP contribution in [0.2, 0.25) is 0 Å². The van der Waals surface area contributed by atoms with Crippen LogP contribution in [0, 0.1) is 24.7 Å². The summed E-state index contributed by atoms with van der Waals surface area (Å²) in [5.74, 6) is 4.01. The molecule has 0 unspecified atom stereocenters. The zero-order valence-corrected chi connectivity index (χ0v) is 16.1. The molecule has 2 saturated carbocycles. The normalized spacial score (nSPS) is 31.1. The minimum atomic E-state index is 0.840. The number of benzene rings is 1. The van der Waals surface area contributed by atoms with Crippen molar-refractivity contribution in [2.45, 2.75) is 96.8 Å². The van der Waals surface area contributed by atoms with Crippen molar-refractivity contribution in [3.05, 3.63) is 35.4 Å². The van der Waals surface area contributed by atoms with Crippen LogP contribution in [0.3, 0.4) is 0 Å². The molecule has 134 valence electrons. The van der Waals surface area contributed by atoms with Gasteiger partial charge in [-0.3, -0.25) is 0 Å². The highest BCUT2D eigenvalue weighted by Crippen LogP contribution is 2.44. The first-order valence-electron chi connectivity index (χ1n) is 10.8. The van der Waals surface area contributed by atoms with E-state index in [0.717, 1.165) is 23.7 Å². The van der Waals surface area contributed by atoms with Crippen LogP contribution in [0.1, 0.15) is 101 Å². The van der Waals surface area contributed by atoms with Crippen molar-refractivity contribution in [2.24, 2.45) is 17.8 Å². The van der Waals surface area contributed by atoms with Crippen LogP contribution in [0.5, 0.6) is 0 Å². The first kappa shape index (κ1) is 18.0. The lowest BCUT2D eigenvalue weighted by molar-refractivity contribution is 0.155. The second-order valence-electron chi connectivity index (χ2n) is 8.80. The Kier molecular flexibility index (Phi) is 6.81. The Labute approximate surface area is 150 Å². The number of hydrogen-bond donors (Lipinski definition) is 0. The van der Waals surface area contributed by atoms with Gasteiger partial charge in [-0.15, -0.1) is 0 Å². The smallest absolute Gasteiger partial charge is 0.0162 e. The average Bonchev–Trinajstić information content (AvgIpc) is 2.63. The molecule has 0 heteroatoms. The summed E-state index contributed by atoms with van der Waals surface area (Å²) < 4.78 is 0. The molecule has 24 heavy (non-hydrogen) atoms. The molecule has 0 aromatic heterocycles. The third-order valence-corrected chi connectivity index (χ3v) is 7.09. The molecular weight excluding hydrogens is 288 g/mol. The average molecular weight is 327 g/mol. The van der Waals surface area contributed by atoms with Gasteiger partial charge in [0.05, 0.1) is 0 Å². The van der Waals surface area contributed by atoms with Crippen molar-refractivity contribution in [3.63, 3.8) is 0 Å². The van der Waals surface area contributed by atoms with Gasteiger partial charge in [0.25, 0.3) is 0 Å². The summed E-state index contributed by atoms with van der Waals surface area (Å²) in [7, 11) is 0. The van der Waals surface area contributed by atoms with Crippen molar-refractivity contribution in [2.75, 3.05) is 0 Å². The van der Waals surface area contributed by atoms with E-state index in [-0.39, 0.29) is 0 Å². The Balaban J connectivity index is 1.40. The molecule has 0 N–H and O–H groups in total. The van der Waals surface area contributed by atoms with E-state index in [0.29, 0.717) is 0 Å². The second-order valence-corrected chi connectivity index (χ2v) is 8.80. The van der Waals surface area contributed by atoms with Gasteiger partial charge >= 0.3 is 0 Å². The maximum atomic E-state index is 2.38. The van der Waals surface area contributed by atoms with Gasteiger partial charge in [0, 0.05) is 0 Å². The Morgan fingerprint density at radius 1 is 0.750 bits per heavy atom. The van der Waals surface area contributed by atoms with E-state index in [1.807, 2.05) is 0 Å². The third kappa shape index (κ3) is 4.87. The lowest BCUT2D eigenvalue weighted by Crippen LogP contribution is -2.25. The van der Waals surface area contributed by atoms with Crippen molar-refractivity contribution in [1.82, 2.24) is 0 Å². The summed E-state index contributed by atoms with van der Waals surface area (Å²) in [4.78, 5) is 0. The van der Waals surface area contributed by atoms with Crippen molar-refractivity contribution < 1.29 is 0 Å². The summed E-state index contributed by atoms with van der Waals surface area (Å²) >= 11 is 0. The van der Waals surface area contributed by atoms with Crippen molar-refractivity contribution in [1.29, 1.82) is 0 Å². The van der Waals surface area contributed by atoms with E-state index < -0.39 is 0 Å². The predicted octanol–water partition coefficient (Wildman–Crippen LogP) is 7.66. The molecule has 0 spiro atoms. The van der Waals surface area contributed by atoms with E-state index >= 15 is 0 Å². The second kappa shape index (κ2) is 9.07. The Bertz CT molecular complexity index is 455. The minimum Gasteiger partial charge on any atom is -0.0654 e. The molecule has 3 rings (SSSR count). The molecule has 1 aromatic rings. The molecule has 2 aliphatic rings. The first-order valence-corrected chi connectivity index (χ1v) is 10.8. The molecule has 0 amide bonds. The topological polar surface area (TPSA) is 0 Å². The van der Waals surface area contributed by atoms with E-state index in [4.69, 9.17) is 0 Å². The summed E-state index contributed by atoms with van der Waals surface area (Å²) in [5, 5.41) is 0. The largest absolute Gasteiger partial charge is 0.0654 e. The van der Waals surface area contributed by atoms with Gasteiger partial charge in [0.1, 0.15) is 0 Å². The molecule has 0 radical (unpaired) electrons. The van der Waals surface area contributed by atoms with Crippen LogP contribution in [0.25, 0.3) is 0 Å². The molecular formula is C24H38. The van der Waals surface area contributed by atoms with E-state index in [1.165, 1.54) is 82.6 Å². The maximum absolute atomic E-state index is 2.38. The van der Waals surface area contributed by atoms with Crippen molar-refractivity contribution >= 4 is 0 Å². The van der Waals surface area contributed by atoms with Crippen LogP contribution in [0.15, 0.2) is 24.3 Å². The fourth-order valence-corrected chi connectivity index (χ4v) is 5.39. The number of unbranched alkanes of at least 4 members (excludes halogenated alkanes) is 2. The highest BCUT2D eigenvalue weighted by molar-refractivity contribution is 5.24. The quantitative estimate of drug-likeness (QED) is 0.471. The van der Waals surface area contributed by atoms with Crippen LogP contribution < -0.4 is 0 Å². The molecule has 0 aliphatic heterocycles. The Morgan fingerprint density at radius 3 is 1.92 bits per heavy atom. The third-order valence-electron chi connectivity index (χ3n) is 7.09. The highest BCUT2D eigenvalue weighted by Gasteiger charge is 2.31. The van der Waals surface area contributed by atoms with E-state index in [2.05, 4.69) is 38.1 Å². The molecule has 0 atom stereocenters. The van der Waals surface area contributed by atoms with Crippen LogP contribution >= 0.6 is 0 Å². The van der Waals surface area contributed by atoms with Gasteiger partial charge < -0.3 is 0 Å². The van der Waals surface area contributed by atoms with Gasteiger partial charge in [-0.25, -0.2) is 0 Å². The minimum absolute atomic E-state index is 0.840. The summed E-state index contributed by atoms with van der Waals surface area (Å²) in [6.45, 7) is 4.52. The fraction of sp³-hybridized carbons (Fsp3) is 0.750. The van der Waals surface area contributed by atoms with Crippen molar-refractivity contribution in [3.8, 4) is 0 Å². The molecule has 0 heterocycles. The predicted molar refractivity (Wildman–Crippen MR) is 105 cm³/mol. The zero-order valence-electron chi connectivity index (χ0n) is 16.1. The van der Waals surface area contributed by atoms with Crippen LogP contribution in [0.4, 0.5) is 0 Å². The summed E-state index contributed by atoms with van der Waals surface area (Å²) in [5.41, 5.74) is 2.99.